The monoisotopic (exact) mass is 321 g/mol. The summed E-state index contributed by atoms with van der Waals surface area (Å²) >= 11 is 5.80. The minimum Gasteiger partial charge on any atom is -0.495 e. The second kappa shape index (κ2) is 6.92. The number of carbonyl (C=O) groups is 1. The van der Waals surface area contributed by atoms with Gasteiger partial charge in [0.15, 0.2) is 0 Å². The fourth-order valence-electron chi connectivity index (χ4n) is 1.49. The van der Waals surface area contributed by atoms with Crippen LogP contribution in [-0.4, -0.2) is 46.5 Å². The smallest absolute Gasteiger partial charge is 0.306 e. The van der Waals surface area contributed by atoms with E-state index in [1.807, 2.05) is 0 Å². The van der Waals surface area contributed by atoms with Crippen molar-refractivity contribution in [2.45, 2.75) is 11.3 Å². The second-order valence-corrected chi connectivity index (χ2v) is 6.40. The number of carbonyl (C=O) groups excluding carboxylic acids is 1. The van der Waals surface area contributed by atoms with Gasteiger partial charge < -0.3 is 9.47 Å². The number of sulfonamides is 1. The number of benzene rings is 1. The molecule has 0 unspecified atom stereocenters. The molecule has 0 heterocycles. The van der Waals surface area contributed by atoms with Crippen LogP contribution in [0.15, 0.2) is 23.1 Å². The topological polar surface area (TPSA) is 72.9 Å². The first-order valence-corrected chi connectivity index (χ1v) is 7.51. The maximum absolute atomic E-state index is 12.4. The molecule has 0 saturated heterocycles. The summed E-state index contributed by atoms with van der Waals surface area (Å²) in [6.45, 7) is 0.0147. The highest BCUT2D eigenvalue weighted by molar-refractivity contribution is 7.89. The van der Waals surface area contributed by atoms with Crippen LogP contribution in [0.1, 0.15) is 6.42 Å². The number of nitrogens with zero attached hydrogens (tertiary/aromatic N) is 1. The maximum atomic E-state index is 12.4. The highest BCUT2D eigenvalue weighted by atomic mass is 35.5. The van der Waals surface area contributed by atoms with E-state index < -0.39 is 16.0 Å². The van der Waals surface area contributed by atoms with Gasteiger partial charge in [-0.25, -0.2) is 12.7 Å². The van der Waals surface area contributed by atoms with Crippen molar-refractivity contribution in [2.24, 2.45) is 0 Å². The van der Waals surface area contributed by atoms with Crippen molar-refractivity contribution in [1.82, 2.24) is 4.31 Å². The van der Waals surface area contributed by atoms with Crippen LogP contribution in [0.3, 0.4) is 0 Å². The van der Waals surface area contributed by atoms with Crippen molar-refractivity contribution in [3.63, 3.8) is 0 Å². The summed E-state index contributed by atoms with van der Waals surface area (Å²) < 4.78 is 35.3. The summed E-state index contributed by atoms with van der Waals surface area (Å²) in [6, 6.07) is 4.25. The highest BCUT2D eigenvalue weighted by Crippen LogP contribution is 2.29. The molecule has 1 rings (SSSR count). The van der Waals surface area contributed by atoms with Gasteiger partial charge in [0.25, 0.3) is 0 Å². The van der Waals surface area contributed by atoms with Gasteiger partial charge in [0, 0.05) is 24.7 Å². The Bertz CT molecular complexity index is 588. The molecule has 1 aromatic rings. The summed E-state index contributed by atoms with van der Waals surface area (Å²) in [7, 11) is 0.230. The molecular weight excluding hydrogens is 306 g/mol. The predicted molar refractivity (Wildman–Crippen MR) is 74.5 cm³/mol. The third-order valence-corrected chi connectivity index (χ3v) is 4.80. The van der Waals surface area contributed by atoms with Crippen molar-refractivity contribution in [1.29, 1.82) is 0 Å². The molecule has 0 amide bonds. The Morgan fingerprint density at radius 1 is 1.35 bits per heavy atom. The summed E-state index contributed by atoms with van der Waals surface area (Å²) in [5.74, 6) is -0.322. The van der Waals surface area contributed by atoms with E-state index in [-0.39, 0.29) is 23.6 Å². The number of rotatable bonds is 6. The second-order valence-electron chi connectivity index (χ2n) is 3.95. The Hall–Kier alpha value is -1.31. The van der Waals surface area contributed by atoms with Crippen molar-refractivity contribution in [2.75, 3.05) is 27.8 Å². The fraction of sp³-hybridized carbons (Fsp3) is 0.417. The van der Waals surface area contributed by atoms with Crippen LogP contribution in [-0.2, 0) is 19.6 Å². The molecule has 0 bridgehead atoms. The van der Waals surface area contributed by atoms with Crippen molar-refractivity contribution in [3.8, 4) is 5.75 Å². The van der Waals surface area contributed by atoms with Gasteiger partial charge in [-0.15, -0.1) is 0 Å². The minimum atomic E-state index is -3.76. The third-order valence-electron chi connectivity index (χ3n) is 2.67. The first kappa shape index (κ1) is 16.7. The van der Waals surface area contributed by atoms with E-state index in [0.29, 0.717) is 5.02 Å². The Kier molecular flexibility index (Phi) is 5.79. The molecule has 0 aromatic heterocycles. The fourth-order valence-corrected chi connectivity index (χ4v) is 2.96. The van der Waals surface area contributed by atoms with Gasteiger partial charge in [0.2, 0.25) is 10.0 Å². The molecule has 0 saturated carbocycles. The van der Waals surface area contributed by atoms with Crippen LogP contribution in [0.25, 0.3) is 0 Å². The van der Waals surface area contributed by atoms with Gasteiger partial charge in [0.05, 0.1) is 20.6 Å². The lowest BCUT2D eigenvalue weighted by molar-refractivity contribution is -0.140. The van der Waals surface area contributed by atoms with Gasteiger partial charge in [0.1, 0.15) is 10.6 Å². The average molecular weight is 322 g/mol. The lowest BCUT2D eigenvalue weighted by atomic mass is 10.3. The lowest BCUT2D eigenvalue weighted by Gasteiger charge is -2.18. The molecule has 112 valence electrons. The zero-order valence-corrected chi connectivity index (χ0v) is 13.0. The molecule has 0 aliphatic rings. The standard InChI is InChI=1S/C12H16ClNO5S/c1-14(7-6-12(15)19-3)20(16,17)11-5-4-9(13)8-10(11)18-2/h4-5,8H,6-7H2,1-3H3. The Balaban J connectivity index is 3.01. The lowest BCUT2D eigenvalue weighted by Crippen LogP contribution is -2.29. The maximum Gasteiger partial charge on any atom is 0.306 e. The average Bonchev–Trinajstić information content (AvgIpc) is 2.43. The summed E-state index contributed by atoms with van der Waals surface area (Å²) in [6.07, 6.45) is -0.0257. The quantitative estimate of drug-likeness (QED) is 0.743. The molecule has 6 nitrogen and oxygen atoms in total. The number of hydrogen-bond acceptors (Lipinski definition) is 5. The SMILES string of the molecule is COC(=O)CCN(C)S(=O)(=O)c1ccc(Cl)cc1OC. The van der Waals surface area contributed by atoms with Crippen molar-refractivity contribution >= 4 is 27.6 Å². The van der Waals surface area contributed by atoms with Gasteiger partial charge in [-0.2, -0.15) is 0 Å². The molecule has 0 atom stereocenters. The highest BCUT2D eigenvalue weighted by Gasteiger charge is 2.25. The zero-order chi connectivity index (χ0) is 15.3. The van der Waals surface area contributed by atoms with Gasteiger partial charge in [-0.3, -0.25) is 4.79 Å². The number of hydrogen-bond donors (Lipinski definition) is 0. The van der Waals surface area contributed by atoms with E-state index in [2.05, 4.69) is 4.74 Å². The van der Waals surface area contributed by atoms with Crippen LogP contribution in [0.5, 0.6) is 5.75 Å². The van der Waals surface area contributed by atoms with E-state index in [1.54, 1.807) is 0 Å². The van der Waals surface area contributed by atoms with Gasteiger partial charge in [-0.05, 0) is 12.1 Å². The molecule has 1 aromatic carbocycles. The molecule has 0 fully saturated rings. The van der Waals surface area contributed by atoms with Crippen LogP contribution >= 0.6 is 11.6 Å². The summed E-state index contributed by atoms with van der Waals surface area (Å²) in [5.41, 5.74) is 0. The number of halogens is 1. The van der Waals surface area contributed by atoms with Crippen LogP contribution < -0.4 is 4.74 Å². The van der Waals surface area contributed by atoms with E-state index in [0.717, 1.165) is 4.31 Å². The zero-order valence-electron chi connectivity index (χ0n) is 11.4. The van der Waals surface area contributed by atoms with E-state index in [4.69, 9.17) is 16.3 Å². The largest absolute Gasteiger partial charge is 0.495 e. The number of esters is 1. The van der Waals surface area contributed by atoms with Crippen LogP contribution in [0.4, 0.5) is 0 Å². The Morgan fingerprint density at radius 3 is 2.55 bits per heavy atom. The molecule has 0 aliphatic heterocycles. The van der Waals surface area contributed by atoms with Crippen LogP contribution in [0.2, 0.25) is 5.02 Å². The molecule has 8 heteroatoms. The Labute approximate surface area is 123 Å². The van der Waals surface area contributed by atoms with Gasteiger partial charge >= 0.3 is 5.97 Å². The van der Waals surface area contributed by atoms with E-state index in [1.165, 1.54) is 39.5 Å². The Morgan fingerprint density at radius 2 is 2.00 bits per heavy atom. The van der Waals surface area contributed by atoms with Crippen molar-refractivity contribution < 1.29 is 22.7 Å². The normalized spacial score (nSPS) is 11.4. The first-order chi connectivity index (χ1) is 9.32. The van der Waals surface area contributed by atoms with E-state index >= 15 is 0 Å². The molecule has 0 spiro atoms. The molecule has 0 N–H and O–H groups in total. The van der Waals surface area contributed by atoms with E-state index in [9.17, 15) is 13.2 Å². The number of methoxy groups -OCH3 is 2. The molecular formula is C12H16ClNO5S. The third kappa shape index (κ3) is 3.84. The summed E-state index contributed by atoms with van der Waals surface area (Å²) in [5, 5.41) is 0.373. The van der Waals surface area contributed by atoms with Crippen LogP contribution in [0, 0.1) is 0 Å². The molecule has 0 radical (unpaired) electrons. The summed E-state index contributed by atoms with van der Waals surface area (Å²) in [4.78, 5) is 11.1. The van der Waals surface area contributed by atoms with Gasteiger partial charge in [-0.1, -0.05) is 11.6 Å². The molecule has 20 heavy (non-hydrogen) atoms. The number of ether oxygens (including phenoxy) is 2. The minimum absolute atomic E-state index is 0.00299. The first-order valence-electron chi connectivity index (χ1n) is 5.69. The predicted octanol–water partition coefficient (Wildman–Crippen LogP) is 1.53. The van der Waals surface area contributed by atoms with Crippen molar-refractivity contribution in [3.05, 3.63) is 23.2 Å². The molecule has 0 aliphatic carbocycles.